The molecule has 4 atom stereocenters. The molecule has 3 heteroatoms. The highest BCUT2D eigenvalue weighted by Crippen LogP contribution is 2.59. The Labute approximate surface area is 168 Å². The standard InChI is InChI=1S/C24H34O2S/c1-17(2)8-7-9-18(16-25)20-12-13-21-23(22(26)14-15-24(20,21)3)27-19-10-5-4-6-11-19/h4-6,8,10-11,18,20,22,25-26H,7,9,12-16H2,1-3H3/t18-,20-,22+,24-/m1/s1. The fraction of sp³-hybridized carbons (Fsp3) is 0.583. The molecule has 2 aliphatic rings. The molecule has 0 saturated heterocycles. The normalized spacial score (nSPS) is 28.8. The quantitative estimate of drug-likeness (QED) is 0.568. The van der Waals surface area contributed by atoms with Crippen LogP contribution in [0.3, 0.4) is 0 Å². The van der Waals surface area contributed by atoms with Crippen molar-refractivity contribution in [1.29, 1.82) is 0 Å². The monoisotopic (exact) mass is 386 g/mol. The molecule has 1 aromatic rings. The van der Waals surface area contributed by atoms with E-state index in [0.29, 0.717) is 11.8 Å². The molecule has 3 rings (SSSR count). The van der Waals surface area contributed by atoms with Crippen LogP contribution in [-0.2, 0) is 0 Å². The van der Waals surface area contributed by atoms with Crippen LogP contribution in [0.5, 0.6) is 0 Å². The average molecular weight is 387 g/mol. The van der Waals surface area contributed by atoms with Crippen molar-refractivity contribution in [1.82, 2.24) is 0 Å². The van der Waals surface area contributed by atoms with Gasteiger partial charge in [-0.15, -0.1) is 0 Å². The van der Waals surface area contributed by atoms with E-state index in [2.05, 4.69) is 51.1 Å². The van der Waals surface area contributed by atoms with Crippen molar-refractivity contribution in [3.63, 3.8) is 0 Å². The molecule has 1 fully saturated rings. The minimum Gasteiger partial charge on any atom is -0.396 e. The molecule has 0 amide bonds. The van der Waals surface area contributed by atoms with E-state index in [4.69, 9.17) is 0 Å². The largest absolute Gasteiger partial charge is 0.396 e. The second-order valence-corrected chi connectivity index (χ2v) is 9.79. The predicted molar refractivity (Wildman–Crippen MR) is 115 cm³/mol. The molecule has 0 unspecified atom stereocenters. The molecule has 2 nitrogen and oxygen atoms in total. The van der Waals surface area contributed by atoms with Gasteiger partial charge in [-0.1, -0.05) is 54.1 Å². The summed E-state index contributed by atoms with van der Waals surface area (Å²) >= 11 is 1.75. The van der Waals surface area contributed by atoms with Crippen LogP contribution in [0.25, 0.3) is 0 Å². The molecule has 1 aromatic carbocycles. The molecule has 0 radical (unpaired) electrons. The first-order valence-electron chi connectivity index (χ1n) is 10.3. The van der Waals surface area contributed by atoms with Gasteiger partial charge in [-0.05, 0) is 81.8 Å². The highest BCUT2D eigenvalue weighted by atomic mass is 32.2. The number of thioether (sulfide) groups is 1. The lowest BCUT2D eigenvalue weighted by Crippen LogP contribution is -2.36. The van der Waals surface area contributed by atoms with Gasteiger partial charge >= 0.3 is 0 Å². The van der Waals surface area contributed by atoms with Gasteiger partial charge in [0.25, 0.3) is 0 Å². The summed E-state index contributed by atoms with van der Waals surface area (Å²) in [4.78, 5) is 2.38. The molecular formula is C24H34O2S. The number of rotatable bonds is 7. The zero-order chi connectivity index (χ0) is 19.4. The number of hydrogen-bond donors (Lipinski definition) is 2. The molecule has 0 aliphatic heterocycles. The maximum Gasteiger partial charge on any atom is 0.0851 e. The van der Waals surface area contributed by atoms with Gasteiger partial charge in [0.1, 0.15) is 0 Å². The van der Waals surface area contributed by atoms with E-state index in [9.17, 15) is 10.2 Å². The van der Waals surface area contributed by atoms with Crippen LogP contribution in [0.4, 0.5) is 0 Å². The number of hydrogen-bond acceptors (Lipinski definition) is 3. The van der Waals surface area contributed by atoms with Crippen LogP contribution in [0.2, 0.25) is 0 Å². The first-order chi connectivity index (χ1) is 13.0. The Morgan fingerprint density at radius 3 is 2.67 bits per heavy atom. The van der Waals surface area contributed by atoms with Crippen LogP contribution in [0.15, 0.2) is 57.4 Å². The van der Waals surface area contributed by atoms with Gasteiger partial charge in [0, 0.05) is 16.4 Å². The molecule has 148 valence electrons. The zero-order valence-corrected chi connectivity index (χ0v) is 17.8. The molecule has 2 N–H and O–H groups in total. The first-order valence-corrected chi connectivity index (χ1v) is 11.2. The maximum atomic E-state index is 10.7. The molecular weight excluding hydrogens is 352 g/mol. The minimum absolute atomic E-state index is 0.120. The Balaban J connectivity index is 1.84. The smallest absolute Gasteiger partial charge is 0.0851 e. The average Bonchev–Trinajstić information content (AvgIpc) is 3.00. The summed E-state index contributed by atoms with van der Waals surface area (Å²) in [7, 11) is 0. The van der Waals surface area contributed by atoms with Crippen molar-refractivity contribution >= 4 is 11.8 Å². The molecule has 0 aromatic heterocycles. The van der Waals surface area contributed by atoms with E-state index in [1.807, 2.05) is 6.07 Å². The summed E-state index contributed by atoms with van der Waals surface area (Å²) in [5, 5.41) is 20.9. The van der Waals surface area contributed by atoms with Crippen LogP contribution in [0.1, 0.15) is 59.3 Å². The highest BCUT2D eigenvalue weighted by Gasteiger charge is 2.49. The van der Waals surface area contributed by atoms with Crippen LogP contribution in [0, 0.1) is 17.3 Å². The zero-order valence-electron chi connectivity index (χ0n) is 16.9. The second kappa shape index (κ2) is 8.98. The van der Waals surface area contributed by atoms with Crippen LogP contribution >= 0.6 is 11.8 Å². The number of aliphatic hydroxyl groups excluding tert-OH is 2. The highest BCUT2D eigenvalue weighted by molar-refractivity contribution is 8.03. The summed E-state index contributed by atoms with van der Waals surface area (Å²) in [5.74, 6) is 0.864. The van der Waals surface area contributed by atoms with E-state index in [0.717, 1.165) is 38.5 Å². The summed E-state index contributed by atoms with van der Waals surface area (Å²) in [6, 6.07) is 10.4. The Morgan fingerprint density at radius 2 is 2.00 bits per heavy atom. The summed E-state index contributed by atoms with van der Waals surface area (Å²) in [5.41, 5.74) is 2.93. The molecule has 2 aliphatic carbocycles. The van der Waals surface area contributed by atoms with Gasteiger partial charge in [-0.2, -0.15) is 0 Å². The lowest BCUT2D eigenvalue weighted by molar-refractivity contribution is 0.0822. The number of fused-ring (bicyclic) bond motifs is 1. The van der Waals surface area contributed by atoms with E-state index < -0.39 is 0 Å². The Bertz CT molecular complexity index is 690. The maximum absolute atomic E-state index is 10.7. The Hall–Kier alpha value is -1.03. The van der Waals surface area contributed by atoms with Crippen LogP contribution in [-0.4, -0.2) is 22.9 Å². The summed E-state index contributed by atoms with van der Waals surface area (Å²) < 4.78 is 0. The topological polar surface area (TPSA) is 40.5 Å². The fourth-order valence-corrected chi connectivity index (χ4v) is 6.40. The summed E-state index contributed by atoms with van der Waals surface area (Å²) in [6.07, 6.45) is 8.12. The number of aliphatic hydroxyl groups is 2. The SMILES string of the molecule is CC(C)=CCC[C@H](CO)[C@H]1CCC2=C(Sc3ccccc3)[C@@H](O)CC[C@@]21C. The van der Waals surface area contributed by atoms with Gasteiger partial charge < -0.3 is 10.2 Å². The third-order valence-electron chi connectivity index (χ3n) is 6.61. The van der Waals surface area contributed by atoms with Gasteiger partial charge in [0.15, 0.2) is 0 Å². The van der Waals surface area contributed by atoms with Crippen LogP contribution < -0.4 is 0 Å². The van der Waals surface area contributed by atoms with Crippen molar-refractivity contribution in [2.24, 2.45) is 17.3 Å². The van der Waals surface area contributed by atoms with Crippen molar-refractivity contribution in [3.8, 4) is 0 Å². The van der Waals surface area contributed by atoms with E-state index >= 15 is 0 Å². The van der Waals surface area contributed by atoms with Crippen molar-refractivity contribution in [2.75, 3.05) is 6.61 Å². The van der Waals surface area contributed by atoms with Crippen molar-refractivity contribution in [3.05, 3.63) is 52.5 Å². The molecule has 0 heterocycles. The third-order valence-corrected chi connectivity index (χ3v) is 7.86. The van der Waals surface area contributed by atoms with E-state index in [1.54, 1.807) is 11.8 Å². The third kappa shape index (κ3) is 4.52. The van der Waals surface area contributed by atoms with Gasteiger partial charge in [0.2, 0.25) is 0 Å². The lowest BCUT2D eigenvalue weighted by Gasteiger charge is -2.42. The van der Waals surface area contributed by atoms with Gasteiger partial charge in [-0.3, -0.25) is 0 Å². The Kier molecular flexibility index (Phi) is 6.88. The Morgan fingerprint density at radius 1 is 1.26 bits per heavy atom. The van der Waals surface area contributed by atoms with Crippen molar-refractivity contribution < 1.29 is 10.2 Å². The molecule has 0 spiro atoms. The molecule has 0 bridgehead atoms. The molecule has 27 heavy (non-hydrogen) atoms. The van der Waals surface area contributed by atoms with E-state index in [1.165, 1.54) is 20.9 Å². The lowest BCUT2D eigenvalue weighted by atomic mass is 9.65. The fourth-order valence-electron chi connectivity index (χ4n) is 5.14. The minimum atomic E-state index is -0.338. The second-order valence-electron chi connectivity index (χ2n) is 8.68. The van der Waals surface area contributed by atoms with Crippen molar-refractivity contribution in [2.45, 2.75) is 70.3 Å². The predicted octanol–water partition coefficient (Wildman–Crippen LogP) is 5.96. The number of allylic oxidation sites excluding steroid dienone is 3. The first kappa shape index (κ1) is 20.7. The summed E-state index contributed by atoms with van der Waals surface area (Å²) in [6.45, 7) is 6.94. The van der Waals surface area contributed by atoms with Gasteiger partial charge in [-0.25, -0.2) is 0 Å². The van der Waals surface area contributed by atoms with E-state index in [-0.39, 0.29) is 18.1 Å². The molecule has 1 saturated carbocycles. The number of benzene rings is 1. The van der Waals surface area contributed by atoms with Gasteiger partial charge in [0.05, 0.1) is 6.10 Å².